The highest BCUT2D eigenvalue weighted by molar-refractivity contribution is 6.31. The number of carbonyl (C=O) groups excluding carboxylic acids is 1. The van der Waals surface area contributed by atoms with Crippen molar-refractivity contribution in [1.82, 2.24) is 19.9 Å². The zero-order chi connectivity index (χ0) is 18.8. The fourth-order valence-corrected chi connectivity index (χ4v) is 3.10. The largest absolute Gasteiger partial charge is 1.00 e. The summed E-state index contributed by atoms with van der Waals surface area (Å²) in [6.07, 6.45) is 0.978. The van der Waals surface area contributed by atoms with Gasteiger partial charge < -0.3 is 40.8 Å². The van der Waals surface area contributed by atoms with Gasteiger partial charge in [0.1, 0.15) is 6.54 Å². The molecule has 0 fully saturated rings. The number of imidazole rings is 1. The predicted molar refractivity (Wildman–Crippen MR) is 100 cm³/mol. The molecule has 2 aromatic heterocycles. The van der Waals surface area contributed by atoms with Crippen LogP contribution in [0.15, 0.2) is 24.3 Å². The van der Waals surface area contributed by atoms with Crippen molar-refractivity contribution in [3.63, 3.8) is 0 Å². The van der Waals surface area contributed by atoms with E-state index in [0.29, 0.717) is 6.54 Å². The molecule has 8 nitrogen and oxygen atoms in total. The number of benzene rings is 1. The van der Waals surface area contributed by atoms with E-state index >= 15 is 0 Å². The molecule has 0 aliphatic carbocycles. The Hall–Kier alpha value is -2.14. The van der Waals surface area contributed by atoms with Gasteiger partial charge in [-0.25, -0.2) is 19.1 Å². The van der Waals surface area contributed by atoms with Crippen LogP contribution in [0.4, 0.5) is 11.6 Å². The maximum Gasteiger partial charge on any atom is 0.276 e. The summed E-state index contributed by atoms with van der Waals surface area (Å²) in [7, 11) is 1.98. The summed E-state index contributed by atoms with van der Waals surface area (Å²) in [4.78, 5) is 20.3. The van der Waals surface area contributed by atoms with Gasteiger partial charge in [0.05, 0.1) is 13.6 Å². The molecule has 2 heterocycles. The average molecular weight is 502 g/mol. The van der Waals surface area contributed by atoms with Crippen molar-refractivity contribution in [2.24, 2.45) is 7.05 Å². The average Bonchev–Trinajstić information content (AvgIpc) is 2.89. The van der Waals surface area contributed by atoms with Crippen molar-refractivity contribution < 1.29 is 33.3 Å². The number of nitrogen functional groups attached to an aromatic ring is 2. The summed E-state index contributed by atoms with van der Waals surface area (Å²) in [5, 5.41) is 2.79. The number of nitrogens with two attached hydrogens (primary N) is 2. The van der Waals surface area contributed by atoms with Gasteiger partial charge in [0.2, 0.25) is 0 Å². The van der Waals surface area contributed by atoms with Crippen molar-refractivity contribution >= 4 is 40.2 Å². The maximum absolute atomic E-state index is 12.5. The number of rotatable bonds is 5. The lowest BCUT2D eigenvalue weighted by atomic mass is 10.3. The van der Waals surface area contributed by atoms with Crippen LogP contribution < -0.4 is 45.3 Å². The second-order valence-electron chi connectivity index (χ2n) is 5.93. The SMILES string of the molecule is CCCn1c(CNC(=O)c2nc(Cl)c(N)nc2N)[n+](C)c2ccccc21.[I-]. The number of aromatic nitrogens is 4. The van der Waals surface area contributed by atoms with Crippen molar-refractivity contribution in [3.05, 3.63) is 40.9 Å². The van der Waals surface area contributed by atoms with Crippen LogP contribution in [-0.4, -0.2) is 20.4 Å². The van der Waals surface area contributed by atoms with Crippen LogP contribution in [0.1, 0.15) is 29.7 Å². The van der Waals surface area contributed by atoms with E-state index in [1.54, 1.807) is 0 Å². The zero-order valence-corrected chi connectivity index (χ0v) is 18.0. The topological polar surface area (TPSA) is 116 Å². The summed E-state index contributed by atoms with van der Waals surface area (Å²) in [6, 6.07) is 8.12. The number of nitrogens with zero attached hydrogens (tertiary/aromatic N) is 4. The molecular weight excluding hydrogens is 481 g/mol. The lowest BCUT2D eigenvalue weighted by Crippen LogP contribution is -3.00. The third-order valence-electron chi connectivity index (χ3n) is 4.21. The molecule has 27 heavy (non-hydrogen) atoms. The number of nitrogens with one attached hydrogen (secondary N) is 1. The van der Waals surface area contributed by atoms with E-state index in [9.17, 15) is 4.79 Å². The highest BCUT2D eigenvalue weighted by Crippen LogP contribution is 2.18. The van der Waals surface area contributed by atoms with Gasteiger partial charge in [-0.2, -0.15) is 0 Å². The first-order chi connectivity index (χ1) is 12.4. The summed E-state index contributed by atoms with van der Waals surface area (Å²) in [6.45, 7) is 3.28. The first-order valence-corrected chi connectivity index (χ1v) is 8.64. The van der Waals surface area contributed by atoms with Crippen LogP contribution in [0.25, 0.3) is 11.0 Å². The van der Waals surface area contributed by atoms with Gasteiger partial charge in [-0.15, -0.1) is 0 Å². The molecule has 10 heteroatoms. The maximum atomic E-state index is 12.5. The van der Waals surface area contributed by atoms with E-state index < -0.39 is 5.91 Å². The molecule has 0 aliphatic rings. The molecule has 0 saturated carbocycles. The number of fused-ring (bicyclic) bond motifs is 1. The first kappa shape index (κ1) is 21.2. The highest BCUT2D eigenvalue weighted by atomic mass is 127. The molecule has 0 unspecified atom stereocenters. The van der Waals surface area contributed by atoms with Crippen LogP contribution in [-0.2, 0) is 20.1 Å². The first-order valence-electron chi connectivity index (χ1n) is 8.26. The van der Waals surface area contributed by atoms with Crippen LogP contribution >= 0.6 is 11.6 Å². The molecule has 0 aliphatic heterocycles. The summed E-state index contributed by atoms with van der Waals surface area (Å²) < 4.78 is 4.26. The molecule has 0 spiro atoms. The number of carbonyl (C=O) groups is 1. The molecule has 0 saturated heterocycles. The molecule has 1 aromatic carbocycles. The lowest BCUT2D eigenvalue weighted by molar-refractivity contribution is -0.654. The van der Waals surface area contributed by atoms with Crippen LogP contribution in [0.2, 0.25) is 5.15 Å². The summed E-state index contributed by atoms with van der Waals surface area (Å²) in [5.74, 6) is 0.456. The number of aryl methyl sites for hydroxylation is 2. The van der Waals surface area contributed by atoms with Crippen molar-refractivity contribution in [2.75, 3.05) is 11.5 Å². The Morgan fingerprint density at radius 2 is 1.96 bits per heavy atom. The Bertz CT molecular complexity index is 989. The van der Waals surface area contributed by atoms with E-state index in [-0.39, 0.29) is 46.5 Å². The Morgan fingerprint density at radius 1 is 1.26 bits per heavy atom. The van der Waals surface area contributed by atoms with Crippen LogP contribution in [0.5, 0.6) is 0 Å². The van der Waals surface area contributed by atoms with Gasteiger partial charge in [0, 0.05) is 0 Å². The third kappa shape index (κ3) is 4.08. The van der Waals surface area contributed by atoms with E-state index in [4.69, 9.17) is 23.1 Å². The van der Waals surface area contributed by atoms with Crippen molar-refractivity contribution in [1.29, 1.82) is 0 Å². The minimum atomic E-state index is -0.454. The Kier molecular flexibility index (Phi) is 6.82. The van der Waals surface area contributed by atoms with Crippen molar-refractivity contribution in [2.45, 2.75) is 26.4 Å². The fourth-order valence-electron chi connectivity index (χ4n) is 2.97. The van der Waals surface area contributed by atoms with Gasteiger partial charge >= 0.3 is 0 Å². The Balaban J connectivity index is 0.00000261. The number of anilines is 2. The van der Waals surface area contributed by atoms with Crippen LogP contribution in [0.3, 0.4) is 0 Å². The molecule has 0 radical (unpaired) electrons. The predicted octanol–water partition coefficient (Wildman–Crippen LogP) is -1.58. The van der Waals surface area contributed by atoms with E-state index in [0.717, 1.165) is 29.8 Å². The normalized spacial score (nSPS) is 10.6. The summed E-state index contributed by atoms with van der Waals surface area (Å²) in [5.41, 5.74) is 13.5. The molecule has 0 bridgehead atoms. The smallest absolute Gasteiger partial charge is 0.276 e. The molecule has 3 aromatic rings. The number of halogens is 2. The van der Waals surface area contributed by atoms with Gasteiger partial charge in [-0.1, -0.05) is 30.7 Å². The highest BCUT2D eigenvalue weighted by Gasteiger charge is 2.23. The second kappa shape index (κ2) is 8.70. The molecule has 5 N–H and O–H groups in total. The molecular formula is C17H21ClIN7O. The molecule has 0 atom stereocenters. The molecule has 3 rings (SSSR count). The standard InChI is InChI=1S/C17H20ClN7O.HI/c1-3-8-25-11-7-5-4-6-10(11)24(2)12(25)9-21-17(26)13-15(19)23-16(20)14(18)22-13;/h4-7H,3,8-9H2,1-2H3,(H4-,19,20,21,23,26);1H. The van der Waals surface area contributed by atoms with E-state index in [2.05, 4.69) is 43.5 Å². The number of amides is 1. The zero-order valence-electron chi connectivity index (χ0n) is 15.0. The van der Waals surface area contributed by atoms with Gasteiger partial charge in [0.25, 0.3) is 11.7 Å². The van der Waals surface area contributed by atoms with Gasteiger partial charge in [0.15, 0.2) is 33.5 Å². The quantitative estimate of drug-likeness (QED) is 0.288. The molecule has 1 amide bonds. The van der Waals surface area contributed by atoms with Gasteiger partial charge in [-0.05, 0) is 18.6 Å². The minimum Gasteiger partial charge on any atom is -1.00 e. The molecule has 144 valence electrons. The Morgan fingerprint density at radius 3 is 2.67 bits per heavy atom. The second-order valence-corrected chi connectivity index (χ2v) is 6.29. The third-order valence-corrected chi connectivity index (χ3v) is 4.48. The number of hydrogen-bond donors (Lipinski definition) is 3. The lowest BCUT2D eigenvalue weighted by Gasteiger charge is -2.07. The van der Waals surface area contributed by atoms with Crippen LogP contribution in [0, 0.1) is 0 Å². The number of hydrogen-bond acceptors (Lipinski definition) is 5. The van der Waals surface area contributed by atoms with Gasteiger partial charge in [-0.3, -0.25) is 4.79 Å². The van der Waals surface area contributed by atoms with Crippen molar-refractivity contribution in [3.8, 4) is 0 Å². The monoisotopic (exact) mass is 501 g/mol. The number of para-hydroxylation sites is 2. The summed E-state index contributed by atoms with van der Waals surface area (Å²) >= 11 is 5.85. The minimum absolute atomic E-state index is 0. The fraction of sp³-hybridized carbons (Fsp3) is 0.294. The van der Waals surface area contributed by atoms with E-state index in [1.165, 1.54) is 0 Å². The van der Waals surface area contributed by atoms with E-state index in [1.807, 2.05) is 19.2 Å². The Labute approximate surface area is 178 Å².